The van der Waals surface area contributed by atoms with Gasteiger partial charge >= 0.3 is 0 Å². The van der Waals surface area contributed by atoms with Crippen molar-refractivity contribution in [2.75, 3.05) is 26.4 Å². The number of aliphatic imine (C=N–C) groups is 2. The molecule has 0 saturated heterocycles. The van der Waals surface area contributed by atoms with Crippen molar-refractivity contribution in [1.29, 1.82) is 0 Å². The van der Waals surface area contributed by atoms with Crippen molar-refractivity contribution in [3.8, 4) is 11.5 Å². The van der Waals surface area contributed by atoms with Crippen molar-refractivity contribution in [3.05, 3.63) is 57.6 Å². The summed E-state index contributed by atoms with van der Waals surface area (Å²) < 4.78 is 18.5. The lowest BCUT2D eigenvalue weighted by Crippen LogP contribution is -2.27. The lowest BCUT2D eigenvalue weighted by molar-refractivity contribution is -0.0753. The highest BCUT2D eigenvalue weighted by Gasteiger charge is 2.31. The van der Waals surface area contributed by atoms with Crippen LogP contribution in [-0.4, -0.2) is 61.2 Å². The first-order valence-corrected chi connectivity index (χ1v) is 16.6. The number of phenolic OH excluding ortho intramolecular Hbond substituents is 2. The maximum Gasteiger partial charge on any atom is 0.130 e. The molecule has 7 heteroatoms. The summed E-state index contributed by atoms with van der Waals surface area (Å²) in [6, 6.07) is 8.13. The van der Waals surface area contributed by atoms with Gasteiger partial charge in [0.2, 0.25) is 0 Å². The van der Waals surface area contributed by atoms with Crippen molar-refractivity contribution < 1.29 is 24.4 Å². The monoisotopic (exact) mass is 620 g/mol. The van der Waals surface area contributed by atoms with Gasteiger partial charge in [0.25, 0.3) is 0 Å². The molecule has 1 fully saturated rings. The minimum absolute atomic E-state index is 0.0288. The SMILES string of the molecule is CC(C)(C)c1cc2c(O)c(c1)C(C)(C)OCCOCCOC(C)(C)c1cc(C(C)(C)C)cc(c1O)C=N[C@@H]1CCCC[C@H]1N=C2. The number of aromatic hydroxyl groups is 2. The maximum absolute atomic E-state index is 11.5. The Morgan fingerprint density at radius 2 is 1.00 bits per heavy atom. The van der Waals surface area contributed by atoms with Gasteiger partial charge in [-0.3, -0.25) is 9.98 Å². The van der Waals surface area contributed by atoms with Crippen LogP contribution in [0, 0.1) is 0 Å². The Morgan fingerprint density at radius 3 is 1.36 bits per heavy atom. The van der Waals surface area contributed by atoms with E-state index in [1.807, 2.05) is 52.3 Å². The van der Waals surface area contributed by atoms with Crippen LogP contribution in [-0.2, 0) is 36.2 Å². The topological polar surface area (TPSA) is 92.9 Å². The molecule has 1 saturated carbocycles. The number of ether oxygens (including phenoxy) is 3. The smallest absolute Gasteiger partial charge is 0.130 e. The second-order valence-electron chi connectivity index (χ2n) is 15.7. The van der Waals surface area contributed by atoms with Crippen LogP contribution in [0.4, 0.5) is 0 Å². The van der Waals surface area contributed by atoms with E-state index in [0.717, 1.165) is 47.9 Å². The standard InChI is InChI=1S/C38H56N2O5/c1-35(2,3)27-19-25-23-39-31-13-11-12-14-32(31)40-24-26-20-28(36(4,5)6)22-30(34(26)42)38(9,10)45-18-16-43-15-17-44-37(7,8)29(21-27)33(25)41/h19-24,31-32,41-42H,11-18H2,1-10H3/t31-,32-/m1/s1. The van der Waals surface area contributed by atoms with Crippen molar-refractivity contribution in [1.82, 2.24) is 0 Å². The van der Waals surface area contributed by atoms with Gasteiger partial charge in [0.05, 0.1) is 49.7 Å². The molecule has 4 bridgehead atoms. The normalized spacial score (nSPS) is 23.2. The second kappa shape index (κ2) is 13.5. The number of phenols is 2. The number of fused-ring (bicyclic) bond motifs is 5. The van der Waals surface area contributed by atoms with E-state index in [1.54, 1.807) is 0 Å². The molecule has 1 aliphatic heterocycles. The molecule has 2 aliphatic rings. The first-order valence-electron chi connectivity index (χ1n) is 16.6. The lowest BCUT2D eigenvalue weighted by atomic mass is 9.82. The third-order valence-electron chi connectivity index (χ3n) is 9.19. The summed E-state index contributed by atoms with van der Waals surface area (Å²) in [5.41, 5.74) is 3.27. The van der Waals surface area contributed by atoms with Crippen LogP contribution >= 0.6 is 0 Å². The van der Waals surface area contributed by atoms with E-state index in [2.05, 4.69) is 53.7 Å². The minimum Gasteiger partial charge on any atom is -0.507 e. The molecule has 4 rings (SSSR count). The van der Waals surface area contributed by atoms with Gasteiger partial charge in [0.15, 0.2) is 0 Å². The Morgan fingerprint density at radius 1 is 0.622 bits per heavy atom. The summed E-state index contributed by atoms with van der Waals surface area (Å²) in [7, 11) is 0. The predicted octanol–water partition coefficient (Wildman–Crippen LogP) is 8.08. The molecule has 0 spiro atoms. The quantitative estimate of drug-likeness (QED) is 0.311. The van der Waals surface area contributed by atoms with Gasteiger partial charge in [-0.05, 0) is 86.8 Å². The predicted molar refractivity (Wildman–Crippen MR) is 184 cm³/mol. The average Bonchev–Trinajstić information content (AvgIpc) is 2.94. The van der Waals surface area contributed by atoms with Gasteiger partial charge < -0.3 is 24.4 Å². The van der Waals surface area contributed by atoms with Crippen molar-refractivity contribution in [2.24, 2.45) is 9.98 Å². The maximum atomic E-state index is 11.5. The second-order valence-corrected chi connectivity index (χ2v) is 15.7. The van der Waals surface area contributed by atoms with Gasteiger partial charge in [0, 0.05) is 34.7 Å². The molecule has 2 aromatic rings. The number of nitrogens with zero attached hydrogens (tertiary/aromatic N) is 2. The third kappa shape index (κ3) is 8.55. The van der Waals surface area contributed by atoms with Crippen molar-refractivity contribution in [3.63, 3.8) is 0 Å². The molecule has 0 radical (unpaired) electrons. The molecule has 2 aromatic carbocycles. The largest absolute Gasteiger partial charge is 0.507 e. The Labute approximate surface area is 271 Å². The van der Waals surface area contributed by atoms with Crippen molar-refractivity contribution in [2.45, 2.75) is 129 Å². The van der Waals surface area contributed by atoms with Crippen LogP contribution in [0.25, 0.3) is 0 Å². The molecule has 1 heterocycles. The summed E-state index contributed by atoms with van der Waals surface area (Å²) in [5.74, 6) is 0.373. The zero-order valence-electron chi connectivity index (χ0n) is 29.3. The number of benzene rings is 2. The molecular weight excluding hydrogens is 564 g/mol. The molecule has 7 nitrogen and oxygen atoms in total. The van der Waals surface area contributed by atoms with E-state index < -0.39 is 11.2 Å². The van der Waals surface area contributed by atoms with Crippen LogP contribution in [0.1, 0.15) is 128 Å². The molecular formula is C38H56N2O5. The Hall–Kier alpha value is -2.74. The van der Waals surface area contributed by atoms with Crippen LogP contribution in [0.2, 0.25) is 0 Å². The number of hydrogen-bond donors (Lipinski definition) is 2. The highest BCUT2D eigenvalue weighted by atomic mass is 16.6. The minimum atomic E-state index is -0.751. The first kappa shape index (κ1) is 35.1. The summed E-state index contributed by atoms with van der Waals surface area (Å²) in [6.45, 7) is 22.4. The summed E-state index contributed by atoms with van der Waals surface area (Å²) in [6.07, 6.45) is 7.64. The molecule has 248 valence electrons. The Kier molecular flexibility index (Phi) is 10.6. The molecule has 2 N–H and O–H groups in total. The van der Waals surface area contributed by atoms with Crippen LogP contribution in [0.3, 0.4) is 0 Å². The van der Waals surface area contributed by atoms with E-state index in [4.69, 9.17) is 24.2 Å². The fraction of sp³-hybridized carbons (Fsp3) is 0.632. The highest BCUT2D eigenvalue weighted by Crippen LogP contribution is 2.40. The molecule has 45 heavy (non-hydrogen) atoms. The van der Waals surface area contributed by atoms with Crippen molar-refractivity contribution >= 4 is 12.4 Å². The van der Waals surface area contributed by atoms with E-state index in [-0.39, 0.29) is 34.4 Å². The number of rotatable bonds is 0. The fourth-order valence-electron chi connectivity index (χ4n) is 6.06. The molecule has 1 aliphatic carbocycles. The Bertz CT molecular complexity index is 1290. The highest BCUT2D eigenvalue weighted by molar-refractivity contribution is 5.86. The van der Waals surface area contributed by atoms with Crippen LogP contribution in [0.15, 0.2) is 34.3 Å². The van der Waals surface area contributed by atoms with Crippen LogP contribution in [0.5, 0.6) is 11.5 Å². The van der Waals surface area contributed by atoms with Gasteiger partial charge in [-0.2, -0.15) is 0 Å². The van der Waals surface area contributed by atoms with Gasteiger partial charge in [-0.25, -0.2) is 0 Å². The van der Waals surface area contributed by atoms with Gasteiger partial charge in [-0.15, -0.1) is 0 Å². The molecule has 2 atom stereocenters. The van der Waals surface area contributed by atoms with Crippen LogP contribution < -0.4 is 0 Å². The Balaban J connectivity index is 1.81. The first-order chi connectivity index (χ1) is 20.9. The van der Waals surface area contributed by atoms with E-state index in [1.165, 1.54) is 0 Å². The van der Waals surface area contributed by atoms with E-state index in [0.29, 0.717) is 37.6 Å². The van der Waals surface area contributed by atoms with Gasteiger partial charge in [-0.1, -0.05) is 54.4 Å². The molecule has 0 amide bonds. The zero-order valence-corrected chi connectivity index (χ0v) is 29.3. The van der Waals surface area contributed by atoms with Gasteiger partial charge in [0.1, 0.15) is 11.5 Å². The molecule has 0 aromatic heterocycles. The fourth-order valence-corrected chi connectivity index (χ4v) is 6.06. The summed E-state index contributed by atoms with van der Waals surface area (Å²) >= 11 is 0. The third-order valence-corrected chi connectivity index (χ3v) is 9.19. The molecule has 0 unspecified atom stereocenters. The zero-order chi connectivity index (χ0) is 33.2. The lowest BCUT2D eigenvalue weighted by Gasteiger charge is -2.30. The summed E-state index contributed by atoms with van der Waals surface area (Å²) in [4.78, 5) is 10.1. The van der Waals surface area contributed by atoms with E-state index >= 15 is 0 Å². The average molecular weight is 621 g/mol. The number of hydrogen-bond acceptors (Lipinski definition) is 7. The summed E-state index contributed by atoms with van der Waals surface area (Å²) in [5, 5.41) is 23.1. The van der Waals surface area contributed by atoms with E-state index in [9.17, 15) is 10.2 Å².